The van der Waals surface area contributed by atoms with Gasteiger partial charge in [0.2, 0.25) is 0 Å². The SMILES string of the molecule is Cc1cccc([B-](c2cccc(C)c2)(c2cccc(C(F)(F)F)c2)c2cccc(C(F)(F)F)c2)c1. The van der Waals surface area contributed by atoms with Gasteiger partial charge < -0.3 is 0 Å². The summed E-state index contributed by atoms with van der Waals surface area (Å²) in [5.74, 6) is 0. The molecule has 0 aliphatic carbocycles. The molecule has 0 saturated heterocycles. The van der Waals surface area contributed by atoms with E-state index < -0.39 is 29.6 Å². The van der Waals surface area contributed by atoms with E-state index >= 15 is 0 Å². The number of aryl methyl sites for hydroxylation is 2. The third kappa shape index (κ3) is 4.72. The van der Waals surface area contributed by atoms with E-state index in [-0.39, 0.29) is 10.9 Å². The molecule has 0 fully saturated rings. The lowest BCUT2D eigenvalue weighted by atomic mass is 9.13. The van der Waals surface area contributed by atoms with Gasteiger partial charge >= 0.3 is 12.4 Å². The van der Waals surface area contributed by atoms with Crippen molar-refractivity contribution >= 4 is 28.0 Å². The van der Waals surface area contributed by atoms with Gasteiger partial charge in [-0.1, -0.05) is 108 Å². The molecule has 180 valence electrons. The number of alkyl halides is 6. The monoisotopic (exact) mass is 483 g/mol. The lowest BCUT2D eigenvalue weighted by Crippen LogP contribution is -2.75. The van der Waals surface area contributed by atoms with Gasteiger partial charge in [-0.2, -0.15) is 48.2 Å². The van der Waals surface area contributed by atoms with Crippen molar-refractivity contribution in [1.82, 2.24) is 0 Å². The molecule has 0 nitrogen and oxygen atoms in total. The first-order valence-electron chi connectivity index (χ1n) is 11.1. The summed E-state index contributed by atoms with van der Waals surface area (Å²) in [4.78, 5) is 0. The van der Waals surface area contributed by atoms with E-state index in [1.54, 1.807) is 36.4 Å². The molecule has 7 heteroatoms. The van der Waals surface area contributed by atoms with Crippen molar-refractivity contribution in [2.24, 2.45) is 0 Å². The van der Waals surface area contributed by atoms with E-state index in [2.05, 4.69) is 0 Å². The van der Waals surface area contributed by atoms with E-state index in [1.165, 1.54) is 12.1 Å². The molecule has 0 spiro atoms. The first kappa shape index (κ1) is 24.6. The molecule has 0 heterocycles. The summed E-state index contributed by atoms with van der Waals surface area (Å²) in [6.45, 7) is 3.69. The van der Waals surface area contributed by atoms with Crippen LogP contribution in [0.5, 0.6) is 0 Å². The molecule has 35 heavy (non-hydrogen) atoms. The van der Waals surface area contributed by atoms with Crippen molar-refractivity contribution in [3.05, 3.63) is 119 Å². The third-order valence-corrected chi connectivity index (χ3v) is 6.51. The highest BCUT2D eigenvalue weighted by molar-refractivity contribution is 7.19. The van der Waals surface area contributed by atoms with Crippen LogP contribution in [0.25, 0.3) is 0 Å². The molecule has 0 aliphatic heterocycles. The Morgan fingerprint density at radius 3 is 1.09 bits per heavy atom. The molecule has 4 aromatic rings. The van der Waals surface area contributed by atoms with Crippen molar-refractivity contribution < 1.29 is 26.3 Å². The lowest BCUT2D eigenvalue weighted by molar-refractivity contribution is -0.138. The quantitative estimate of drug-likeness (QED) is 0.258. The van der Waals surface area contributed by atoms with Crippen LogP contribution in [0.2, 0.25) is 0 Å². The van der Waals surface area contributed by atoms with Gasteiger partial charge in [0, 0.05) is 0 Å². The molecule has 0 amide bonds. The minimum atomic E-state index is -4.61. The van der Waals surface area contributed by atoms with E-state index in [4.69, 9.17) is 0 Å². The van der Waals surface area contributed by atoms with E-state index in [9.17, 15) is 26.3 Å². The summed E-state index contributed by atoms with van der Waals surface area (Å²) in [6.07, 6.45) is -11.6. The van der Waals surface area contributed by atoms with Crippen LogP contribution >= 0.6 is 0 Å². The standard InChI is InChI=1S/C28H22BF6/c1-19-7-3-11-23(15-19)29(24-12-4-8-20(2)16-24,25-13-5-9-21(17-25)27(30,31)32)26-14-6-10-22(18-26)28(33,34)35/h3-18H,1-2H3/q-1. The molecule has 0 radical (unpaired) electrons. The van der Waals surface area contributed by atoms with Gasteiger partial charge in [-0.25, -0.2) is 0 Å². The fourth-order valence-electron chi connectivity index (χ4n) is 5.00. The van der Waals surface area contributed by atoms with Gasteiger partial charge in [-0.15, -0.1) is 0 Å². The summed E-state index contributed by atoms with van der Waals surface area (Å²) in [5.41, 5.74) is 1.83. The van der Waals surface area contributed by atoms with E-state index in [1.807, 2.05) is 38.1 Å². The average Bonchev–Trinajstić information content (AvgIpc) is 2.79. The van der Waals surface area contributed by atoms with Crippen LogP contribution in [0.1, 0.15) is 22.3 Å². The zero-order valence-electron chi connectivity index (χ0n) is 19.1. The first-order valence-corrected chi connectivity index (χ1v) is 11.1. The second kappa shape index (κ2) is 8.95. The lowest BCUT2D eigenvalue weighted by Gasteiger charge is -2.45. The molecule has 0 bridgehead atoms. The number of benzene rings is 4. The summed E-state index contributed by atoms with van der Waals surface area (Å²) < 4.78 is 82.6. The Labute approximate surface area is 200 Å². The van der Waals surface area contributed by atoms with E-state index in [0.29, 0.717) is 10.9 Å². The van der Waals surface area contributed by atoms with E-state index in [0.717, 1.165) is 35.4 Å². The average molecular weight is 483 g/mol. The first-order chi connectivity index (χ1) is 16.4. The molecule has 0 atom stereocenters. The fraction of sp³-hybridized carbons (Fsp3) is 0.143. The molecule has 0 aromatic heterocycles. The van der Waals surface area contributed by atoms with Gasteiger partial charge in [0.1, 0.15) is 6.15 Å². The number of hydrogen-bond acceptors (Lipinski definition) is 0. The second-order valence-electron chi connectivity index (χ2n) is 8.94. The van der Waals surface area contributed by atoms with Crippen LogP contribution in [0, 0.1) is 13.8 Å². The Kier molecular flexibility index (Phi) is 6.30. The van der Waals surface area contributed by atoms with Gasteiger partial charge in [-0.3, -0.25) is 0 Å². The number of hydrogen-bond donors (Lipinski definition) is 0. The van der Waals surface area contributed by atoms with Crippen molar-refractivity contribution in [1.29, 1.82) is 0 Å². The Hall–Kier alpha value is -3.48. The largest absolute Gasteiger partial charge is 0.416 e. The minimum absolute atomic E-state index is 0.287. The Balaban J connectivity index is 2.20. The smallest absolute Gasteiger partial charge is 0.195 e. The number of rotatable bonds is 4. The predicted molar refractivity (Wildman–Crippen MR) is 130 cm³/mol. The molecular weight excluding hydrogens is 461 g/mol. The van der Waals surface area contributed by atoms with Crippen molar-refractivity contribution in [2.45, 2.75) is 26.2 Å². The maximum Gasteiger partial charge on any atom is 0.416 e. The van der Waals surface area contributed by atoms with Crippen LogP contribution in [0.15, 0.2) is 97.1 Å². The molecule has 0 saturated carbocycles. The highest BCUT2D eigenvalue weighted by Crippen LogP contribution is 2.30. The molecule has 0 aliphatic rings. The third-order valence-electron chi connectivity index (χ3n) is 6.51. The minimum Gasteiger partial charge on any atom is -0.195 e. The maximum atomic E-state index is 13.8. The molecule has 0 N–H and O–H groups in total. The Bertz CT molecular complexity index is 1250. The summed E-state index contributed by atoms with van der Waals surface area (Å²) in [7, 11) is 0. The van der Waals surface area contributed by atoms with Crippen molar-refractivity contribution in [3.63, 3.8) is 0 Å². The van der Waals surface area contributed by atoms with Crippen molar-refractivity contribution in [3.8, 4) is 0 Å². The van der Waals surface area contributed by atoms with Crippen LogP contribution in [-0.2, 0) is 12.4 Å². The molecule has 4 rings (SSSR count). The zero-order valence-corrected chi connectivity index (χ0v) is 19.1. The molecular formula is C28H22BF6-. The highest BCUT2D eigenvalue weighted by atomic mass is 19.4. The number of halogens is 6. The summed E-state index contributed by atoms with van der Waals surface area (Å²) in [5, 5.41) is 0. The second-order valence-corrected chi connectivity index (χ2v) is 8.94. The van der Waals surface area contributed by atoms with Gasteiger partial charge in [-0.05, 0) is 13.8 Å². The van der Waals surface area contributed by atoms with Gasteiger partial charge in [0.25, 0.3) is 0 Å². The zero-order chi connectivity index (χ0) is 25.4. The van der Waals surface area contributed by atoms with Crippen LogP contribution in [0.3, 0.4) is 0 Å². The predicted octanol–water partition coefficient (Wildman–Crippen LogP) is 5.72. The molecule has 4 aromatic carbocycles. The molecule has 0 unspecified atom stereocenters. The van der Waals surface area contributed by atoms with Gasteiger partial charge in [0.15, 0.2) is 0 Å². The van der Waals surface area contributed by atoms with Gasteiger partial charge in [0.05, 0.1) is 11.1 Å². The normalized spacial score (nSPS) is 12.6. The highest BCUT2D eigenvalue weighted by Gasteiger charge is 2.37. The van der Waals surface area contributed by atoms with Crippen LogP contribution in [0.4, 0.5) is 26.3 Å². The summed E-state index contributed by atoms with van der Waals surface area (Å²) in [6, 6.07) is 24.3. The maximum absolute atomic E-state index is 13.8. The topological polar surface area (TPSA) is 0 Å². The van der Waals surface area contributed by atoms with Crippen LogP contribution in [-0.4, -0.2) is 6.15 Å². The summed E-state index contributed by atoms with van der Waals surface area (Å²) >= 11 is 0. The Morgan fingerprint density at radius 2 is 0.771 bits per heavy atom. The van der Waals surface area contributed by atoms with Crippen LogP contribution < -0.4 is 21.9 Å². The van der Waals surface area contributed by atoms with Crippen molar-refractivity contribution in [2.75, 3.05) is 0 Å². The Morgan fingerprint density at radius 1 is 0.457 bits per heavy atom. The fourth-order valence-corrected chi connectivity index (χ4v) is 5.00.